The van der Waals surface area contributed by atoms with E-state index in [9.17, 15) is 0 Å². The minimum Gasteiger partial charge on any atom is -1.00 e. The summed E-state index contributed by atoms with van der Waals surface area (Å²) in [5, 5.41) is 0. The van der Waals surface area contributed by atoms with E-state index in [1.165, 1.54) is 0 Å². The summed E-state index contributed by atoms with van der Waals surface area (Å²) in [5.41, 5.74) is 0. The maximum atomic E-state index is 8.74. The van der Waals surface area contributed by atoms with Gasteiger partial charge in [0.1, 0.15) is 0 Å². The van der Waals surface area contributed by atoms with Crippen LogP contribution in [0.15, 0.2) is 0 Å². The Kier molecular flexibility index (Phi) is 144. The maximum Gasteiger partial charge on any atom is 2.00 e. The molecule has 0 bridgehead atoms. The van der Waals surface area contributed by atoms with E-state index < -0.39 is 8.25 Å². The van der Waals surface area contributed by atoms with E-state index in [0.29, 0.717) is 0 Å². The summed E-state index contributed by atoms with van der Waals surface area (Å²) in [6.45, 7) is 0. The number of hydrogen-bond acceptors (Lipinski definition) is 1. The molecule has 0 aromatic rings. The third-order valence-corrected chi connectivity index (χ3v) is 0. The van der Waals surface area contributed by atoms with Crippen LogP contribution in [0.25, 0.3) is 0 Å². The van der Waals surface area contributed by atoms with Gasteiger partial charge in [-0.15, -0.1) is 0 Å². The second-order valence-electron chi connectivity index (χ2n) is 0.283. The van der Waals surface area contributed by atoms with Crippen LogP contribution in [0.5, 0.6) is 0 Å². The molecule has 1 radical (unpaired) electrons. The molecule has 57 valence electrons. The molecule has 0 spiro atoms. The molecule has 0 aromatic carbocycles. The standard InChI is InChI=1S/Be.Ca.Fe.Mn.H3O3P.H2O.4H/c;;;;1-4(2)3;;;;;/h;;;;4H,(H2,1,2,3);1H2;;;;/q2*+2;;;;;4*-1. The first kappa shape index (κ1) is 41.6. The third kappa shape index (κ3) is 117. The van der Waals surface area contributed by atoms with Crippen molar-refractivity contribution in [3.8, 4) is 0 Å². The normalized spacial score (nSPS) is 3.89. The van der Waals surface area contributed by atoms with Gasteiger partial charge in [-0.1, -0.05) is 0 Å². The van der Waals surface area contributed by atoms with Crippen molar-refractivity contribution in [3.63, 3.8) is 0 Å². The SMILES string of the molecule is O.O=[PH](O)O.[Be+2].[Ca+2].[Fe].[H-].[H-].[H-].[H-].[Mn]. The first-order valence-corrected chi connectivity index (χ1v) is 1.95. The van der Waals surface area contributed by atoms with E-state index in [1.807, 2.05) is 0 Å². The molecular formula is H9BeCaFeMnO4P. The molecular weight excluding hydrogens is 255 g/mol. The van der Waals surface area contributed by atoms with Crippen LogP contribution in [0.2, 0.25) is 0 Å². The van der Waals surface area contributed by atoms with E-state index in [2.05, 4.69) is 0 Å². The van der Waals surface area contributed by atoms with Gasteiger partial charge < -0.3 is 21.0 Å². The van der Waals surface area contributed by atoms with Crippen molar-refractivity contribution in [3.05, 3.63) is 0 Å². The van der Waals surface area contributed by atoms with Gasteiger partial charge in [-0.05, 0) is 0 Å². The van der Waals surface area contributed by atoms with Crippen LogP contribution in [0, 0.1) is 0 Å². The number of hydrogen-bond donors (Lipinski definition) is 2. The molecule has 0 aromatic heterocycles. The van der Waals surface area contributed by atoms with E-state index >= 15 is 0 Å². The van der Waals surface area contributed by atoms with Gasteiger partial charge >= 0.3 is 56.1 Å². The van der Waals surface area contributed by atoms with Crippen LogP contribution in [0.4, 0.5) is 0 Å². The van der Waals surface area contributed by atoms with Crippen molar-refractivity contribution in [1.29, 1.82) is 0 Å². The van der Waals surface area contributed by atoms with E-state index in [-0.39, 0.29) is 93.2 Å². The van der Waals surface area contributed by atoms with Crippen molar-refractivity contribution in [2.24, 2.45) is 0 Å². The monoisotopic (exact) mass is 264 g/mol. The zero-order valence-electron chi connectivity index (χ0n) is 8.45. The van der Waals surface area contributed by atoms with Crippen LogP contribution in [-0.2, 0) is 38.7 Å². The summed E-state index contributed by atoms with van der Waals surface area (Å²) < 4.78 is 8.74. The van der Waals surface area contributed by atoms with E-state index in [1.54, 1.807) is 0 Å². The fourth-order valence-electron chi connectivity index (χ4n) is 0. The second-order valence-corrected chi connectivity index (χ2v) is 0.848. The van der Waals surface area contributed by atoms with Crippen LogP contribution < -0.4 is 0 Å². The van der Waals surface area contributed by atoms with Crippen LogP contribution in [0.3, 0.4) is 0 Å². The van der Waals surface area contributed by atoms with Gasteiger partial charge in [0.2, 0.25) is 0 Å². The second kappa shape index (κ2) is 31.2. The summed E-state index contributed by atoms with van der Waals surface area (Å²) in [7, 11) is -3.13. The van der Waals surface area contributed by atoms with Crippen LogP contribution >= 0.6 is 8.25 Å². The average molecular weight is 264 g/mol. The predicted octanol–water partition coefficient (Wildman–Crippen LogP) is -1.78. The molecule has 0 fully saturated rings. The zero-order chi connectivity index (χ0) is 3.58. The Morgan fingerprint density at radius 2 is 1.33 bits per heavy atom. The largest absolute Gasteiger partial charge is 2.00 e. The molecule has 4 nitrogen and oxygen atoms in total. The van der Waals surface area contributed by atoms with Gasteiger partial charge in [-0.2, -0.15) is 0 Å². The maximum absolute atomic E-state index is 8.74. The molecule has 0 aliphatic heterocycles. The Morgan fingerprint density at radius 1 is 1.33 bits per heavy atom. The quantitative estimate of drug-likeness (QED) is 0.400. The summed E-state index contributed by atoms with van der Waals surface area (Å²) in [6, 6.07) is 0. The zero-order valence-corrected chi connectivity index (χ0v) is 9.94. The fourth-order valence-corrected chi connectivity index (χ4v) is 0. The predicted molar refractivity (Wildman–Crippen MR) is 33.0 cm³/mol. The van der Waals surface area contributed by atoms with Gasteiger partial charge in [-0.25, -0.2) is 0 Å². The van der Waals surface area contributed by atoms with Crippen LogP contribution in [0.1, 0.15) is 5.71 Å². The molecule has 4 N–H and O–H groups in total. The Morgan fingerprint density at radius 3 is 1.33 bits per heavy atom. The summed E-state index contributed by atoms with van der Waals surface area (Å²) in [5.74, 6) is 0. The smallest absolute Gasteiger partial charge is 1.00 e. The molecule has 0 saturated carbocycles. The van der Waals surface area contributed by atoms with Crippen LogP contribution in [-0.4, -0.2) is 63.1 Å². The minimum atomic E-state index is -3.13. The molecule has 9 heteroatoms. The van der Waals surface area contributed by atoms with Gasteiger partial charge in [0, 0.05) is 34.1 Å². The molecule has 0 rings (SSSR count). The molecule has 0 saturated heterocycles. The molecule has 0 atom stereocenters. The van der Waals surface area contributed by atoms with Crippen molar-refractivity contribution in [1.82, 2.24) is 0 Å². The summed E-state index contributed by atoms with van der Waals surface area (Å²) in [6.07, 6.45) is 0. The average Bonchev–Trinajstić information content (AvgIpc) is 0.811. The Bertz CT molecular complexity index is 55.1. The number of rotatable bonds is 0. The van der Waals surface area contributed by atoms with Crippen molar-refractivity contribution >= 4 is 56.1 Å². The Hall–Kier alpha value is 2.58. The van der Waals surface area contributed by atoms with Crippen molar-refractivity contribution in [2.45, 2.75) is 0 Å². The molecule has 0 unspecified atom stereocenters. The van der Waals surface area contributed by atoms with E-state index in [0.717, 1.165) is 0 Å². The molecule has 0 amide bonds. The summed E-state index contributed by atoms with van der Waals surface area (Å²) in [4.78, 5) is 14.3. The minimum absolute atomic E-state index is 0. The molecule has 0 aliphatic carbocycles. The third-order valence-electron chi connectivity index (χ3n) is 0. The first-order valence-electron chi connectivity index (χ1n) is 0.651. The van der Waals surface area contributed by atoms with E-state index in [4.69, 9.17) is 14.4 Å². The Labute approximate surface area is 115 Å². The van der Waals surface area contributed by atoms with Gasteiger partial charge in [0.15, 0.2) is 0 Å². The molecule has 0 heterocycles. The van der Waals surface area contributed by atoms with Crippen molar-refractivity contribution < 1.29 is 59.7 Å². The first-order chi connectivity index (χ1) is 1.73. The van der Waals surface area contributed by atoms with Gasteiger partial charge in [0.05, 0.1) is 0 Å². The molecule has 0 aliphatic rings. The van der Waals surface area contributed by atoms with Gasteiger partial charge in [-0.3, -0.25) is 4.57 Å². The topological polar surface area (TPSA) is 89.0 Å². The van der Waals surface area contributed by atoms with Gasteiger partial charge in [0.25, 0.3) is 0 Å². The fraction of sp³-hybridized carbons (Fsp3) is 0. The van der Waals surface area contributed by atoms with Crippen molar-refractivity contribution in [2.75, 3.05) is 0 Å². The molecule has 9 heavy (non-hydrogen) atoms. The summed E-state index contributed by atoms with van der Waals surface area (Å²) >= 11 is 0. The Balaban J connectivity index is -0.00000000125.